The first-order valence-electron chi connectivity index (χ1n) is 10.6. The molecule has 30 heavy (non-hydrogen) atoms. The van der Waals surface area contributed by atoms with Crippen molar-refractivity contribution in [1.82, 2.24) is 24.2 Å². The highest BCUT2D eigenvalue weighted by Crippen LogP contribution is 2.18. The van der Waals surface area contributed by atoms with Crippen LogP contribution < -0.4 is 16.0 Å². The molecule has 2 aliphatic rings. The molecule has 8 heteroatoms. The van der Waals surface area contributed by atoms with Crippen molar-refractivity contribution in [2.75, 3.05) is 37.6 Å². The first-order valence-corrected chi connectivity index (χ1v) is 10.6. The number of aryl methyl sites for hydroxylation is 2. The van der Waals surface area contributed by atoms with Crippen molar-refractivity contribution in [3.8, 4) is 0 Å². The number of benzene rings is 1. The fourth-order valence-electron chi connectivity index (χ4n) is 4.50. The van der Waals surface area contributed by atoms with Crippen LogP contribution in [0.25, 0.3) is 10.9 Å². The Hall–Kier alpha value is -3.00. The summed E-state index contributed by atoms with van der Waals surface area (Å²) < 4.78 is 3.26. The van der Waals surface area contributed by atoms with Gasteiger partial charge in [-0.15, -0.1) is 0 Å². The topological polar surface area (TPSA) is 76.3 Å². The van der Waals surface area contributed by atoms with Gasteiger partial charge in [0.05, 0.1) is 23.1 Å². The Kier molecular flexibility index (Phi) is 4.86. The maximum Gasteiger partial charge on any atom is 0.267 e. The molecule has 0 saturated carbocycles. The highest BCUT2D eigenvalue weighted by atomic mass is 16.1. The van der Waals surface area contributed by atoms with Crippen molar-refractivity contribution in [3.05, 3.63) is 62.3 Å². The van der Waals surface area contributed by atoms with Crippen LogP contribution in [0.2, 0.25) is 0 Å². The highest BCUT2D eigenvalue weighted by Gasteiger charge is 2.21. The Morgan fingerprint density at radius 2 is 1.80 bits per heavy atom. The summed E-state index contributed by atoms with van der Waals surface area (Å²) in [5.74, 6) is 0.717. The van der Waals surface area contributed by atoms with Gasteiger partial charge < -0.3 is 4.90 Å². The second kappa shape index (κ2) is 7.68. The Labute approximate surface area is 174 Å². The van der Waals surface area contributed by atoms with E-state index in [9.17, 15) is 9.59 Å². The molecule has 0 spiro atoms. The molecule has 0 atom stereocenters. The molecule has 0 N–H and O–H groups in total. The summed E-state index contributed by atoms with van der Waals surface area (Å²) in [5.41, 5.74) is 2.94. The second-order valence-corrected chi connectivity index (χ2v) is 8.15. The molecule has 1 aliphatic heterocycles. The molecule has 0 radical (unpaired) electrons. The number of aromatic nitrogens is 4. The van der Waals surface area contributed by atoms with Crippen molar-refractivity contribution in [3.63, 3.8) is 0 Å². The molecule has 0 amide bonds. The fourth-order valence-corrected chi connectivity index (χ4v) is 4.50. The van der Waals surface area contributed by atoms with E-state index in [4.69, 9.17) is 4.98 Å². The smallest absolute Gasteiger partial charge is 0.267 e. The Morgan fingerprint density at radius 3 is 2.63 bits per heavy atom. The maximum absolute atomic E-state index is 12.7. The minimum Gasteiger partial charge on any atom is -0.340 e. The molecule has 1 fully saturated rings. The average Bonchev–Trinajstić information content (AvgIpc) is 3.22. The Morgan fingerprint density at radius 1 is 1.00 bits per heavy atom. The quantitative estimate of drug-likeness (QED) is 0.638. The van der Waals surface area contributed by atoms with Gasteiger partial charge in [-0.3, -0.25) is 19.1 Å². The second-order valence-electron chi connectivity index (χ2n) is 8.15. The Bertz CT molecular complexity index is 1210. The lowest BCUT2D eigenvalue weighted by atomic mass is 10.2. The zero-order valence-corrected chi connectivity index (χ0v) is 17.3. The number of rotatable bonds is 4. The van der Waals surface area contributed by atoms with E-state index >= 15 is 0 Å². The molecular formula is C22H26N6O2. The first kappa shape index (κ1) is 19.0. The minimum atomic E-state index is -0.0138. The SMILES string of the molecule is Cn1c(N2CCN(CCn3nc4c(cc3=O)CCC4)CC2)nc2ccccc2c1=O. The zero-order valence-electron chi connectivity index (χ0n) is 17.3. The van der Waals surface area contributed by atoms with Crippen LogP contribution >= 0.6 is 0 Å². The van der Waals surface area contributed by atoms with Crippen molar-refractivity contribution in [1.29, 1.82) is 0 Å². The number of hydrogen-bond acceptors (Lipinski definition) is 6. The largest absolute Gasteiger partial charge is 0.340 e. The molecule has 1 aliphatic carbocycles. The minimum absolute atomic E-state index is 0.00431. The van der Waals surface area contributed by atoms with Crippen molar-refractivity contribution in [2.24, 2.45) is 7.05 Å². The molecule has 2 aromatic heterocycles. The van der Waals surface area contributed by atoms with E-state index in [0.29, 0.717) is 11.9 Å². The number of hydrogen-bond donors (Lipinski definition) is 0. The van der Waals surface area contributed by atoms with Crippen LogP contribution in [-0.2, 0) is 26.4 Å². The monoisotopic (exact) mass is 406 g/mol. The summed E-state index contributed by atoms with van der Waals surface area (Å²) in [5, 5.41) is 5.22. The molecule has 8 nitrogen and oxygen atoms in total. The van der Waals surface area contributed by atoms with Crippen LogP contribution in [-0.4, -0.2) is 57.0 Å². The number of para-hydroxylation sites is 1. The number of anilines is 1. The number of nitrogens with zero attached hydrogens (tertiary/aromatic N) is 6. The first-order chi connectivity index (χ1) is 14.6. The molecule has 0 unspecified atom stereocenters. The van der Waals surface area contributed by atoms with E-state index in [-0.39, 0.29) is 11.1 Å². The predicted molar refractivity (Wildman–Crippen MR) is 116 cm³/mol. The average molecular weight is 406 g/mol. The molecular weight excluding hydrogens is 380 g/mol. The van der Waals surface area contributed by atoms with Crippen LogP contribution in [0.15, 0.2) is 39.9 Å². The van der Waals surface area contributed by atoms with E-state index in [1.165, 1.54) is 0 Å². The van der Waals surface area contributed by atoms with Crippen LogP contribution in [0.1, 0.15) is 17.7 Å². The van der Waals surface area contributed by atoms with Gasteiger partial charge in [-0.25, -0.2) is 9.67 Å². The van der Waals surface area contributed by atoms with Gasteiger partial charge in [0, 0.05) is 45.8 Å². The van der Waals surface area contributed by atoms with Crippen molar-refractivity contribution < 1.29 is 0 Å². The lowest BCUT2D eigenvalue weighted by Gasteiger charge is -2.35. The molecule has 1 aromatic carbocycles. The third-order valence-electron chi connectivity index (χ3n) is 6.27. The summed E-state index contributed by atoms with van der Waals surface area (Å²) in [6.07, 6.45) is 3.05. The van der Waals surface area contributed by atoms with E-state index in [1.807, 2.05) is 24.3 Å². The summed E-state index contributed by atoms with van der Waals surface area (Å²) in [7, 11) is 1.79. The zero-order chi connectivity index (χ0) is 20.7. The normalized spacial score (nSPS) is 16.9. The standard InChI is InChI=1S/C22H26N6O2/c1-25-21(30)17-6-2-3-7-19(17)23-22(25)27-12-9-26(10-13-27)11-14-28-20(29)15-16-5-4-8-18(16)24-28/h2-3,6-7,15H,4-5,8-14H2,1H3. The van der Waals surface area contributed by atoms with Gasteiger partial charge >= 0.3 is 0 Å². The van der Waals surface area contributed by atoms with Crippen molar-refractivity contribution >= 4 is 16.9 Å². The summed E-state index contributed by atoms with van der Waals surface area (Å²) in [6, 6.07) is 9.24. The summed E-state index contributed by atoms with van der Waals surface area (Å²) >= 11 is 0. The van der Waals surface area contributed by atoms with Gasteiger partial charge in [-0.2, -0.15) is 5.10 Å². The lowest BCUT2D eigenvalue weighted by Crippen LogP contribution is -2.49. The highest BCUT2D eigenvalue weighted by molar-refractivity contribution is 5.78. The number of fused-ring (bicyclic) bond motifs is 2. The number of piperazine rings is 1. The Balaban J connectivity index is 1.25. The third-order valence-corrected chi connectivity index (χ3v) is 6.27. The molecule has 3 aromatic rings. The van der Waals surface area contributed by atoms with Crippen LogP contribution in [0.5, 0.6) is 0 Å². The van der Waals surface area contributed by atoms with Gasteiger partial charge in [-0.05, 0) is 37.0 Å². The van der Waals surface area contributed by atoms with Crippen LogP contribution in [0, 0.1) is 0 Å². The fraction of sp³-hybridized carbons (Fsp3) is 0.455. The molecule has 5 rings (SSSR count). The van der Waals surface area contributed by atoms with E-state index in [0.717, 1.165) is 74.7 Å². The van der Waals surface area contributed by atoms with Gasteiger partial charge in [0.25, 0.3) is 11.1 Å². The van der Waals surface area contributed by atoms with E-state index in [2.05, 4.69) is 14.9 Å². The predicted octanol–water partition coefficient (Wildman–Crippen LogP) is 0.801. The van der Waals surface area contributed by atoms with Gasteiger partial charge in [0.2, 0.25) is 5.95 Å². The summed E-state index contributed by atoms with van der Waals surface area (Å²) in [4.78, 5) is 34.2. The molecule has 3 heterocycles. The molecule has 0 bridgehead atoms. The van der Waals surface area contributed by atoms with Gasteiger partial charge in [0.15, 0.2) is 0 Å². The maximum atomic E-state index is 12.7. The van der Waals surface area contributed by atoms with Gasteiger partial charge in [0.1, 0.15) is 0 Å². The van der Waals surface area contributed by atoms with Crippen molar-refractivity contribution in [2.45, 2.75) is 25.8 Å². The van der Waals surface area contributed by atoms with Crippen LogP contribution in [0.4, 0.5) is 5.95 Å². The van der Waals surface area contributed by atoms with Crippen LogP contribution in [0.3, 0.4) is 0 Å². The summed E-state index contributed by atoms with van der Waals surface area (Å²) in [6.45, 7) is 4.73. The van der Waals surface area contributed by atoms with Gasteiger partial charge in [-0.1, -0.05) is 12.1 Å². The molecule has 1 saturated heterocycles. The third kappa shape index (κ3) is 3.41. The van der Waals surface area contributed by atoms with E-state index < -0.39 is 0 Å². The molecule has 156 valence electrons. The van der Waals surface area contributed by atoms with E-state index in [1.54, 1.807) is 22.4 Å². The lowest BCUT2D eigenvalue weighted by molar-refractivity contribution is 0.241.